The van der Waals surface area contributed by atoms with Crippen LogP contribution in [0.5, 0.6) is 11.5 Å². The van der Waals surface area contributed by atoms with Crippen molar-refractivity contribution in [3.8, 4) is 11.5 Å². The summed E-state index contributed by atoms with van der Waals surface area (Å²) >= 11 is 0. The zero-order chi connectivity index (χ0) is 21.8. The molecule has 0 unspecified atom stereocenters. The van der Waals surface area contributed by atoms with Gasteiger partial charge in [0.15, 0.2) is 0 Å². The molecule has 1 saturated heterocycles. The monoisotopic (exact) mass is 423 g/mol. The number of anilines is 1. The zero-order valence-corrected chi connectivity index (χ0v) is 18.1. The summed E-state index contributed by atoms with van der Waals surface area (Å²) in [6, 6.07) is 15.2. The molecular weight excluding hydrogens is 394 g/mol. The third kappa shape index (κ3) is 4.99. The van der Waals surface area contributed by atoms with Gasteiger partial charge in [-0.3, -0.25) is 14.5 Å². The highest BCUT2D eigenvalue weighted by molar-refractivity contribution is 5.92. The minimum atomic E-state index is -0.415. The molecule has 0 aliphatic carbocycles. The van der Waals surface area contributed by atoms with Crippen LogP contribution in [-0.2, 0) is 16.1 Å². The number of methoxy groups -OCH3 is 1. The van der Waals surface area contributed by atoms with E-state index in [9.17, 15) is 9.59 Å². The molecule has 164 valence electrons. The molecule has 0 aromatic heterocycles. The second-order valence-electron chi connectivity index (χ2n) is 8.32. The number of piperidine rings is 1. The van der Waals surface area contributed by atoms with Gasteiger partial charge in [-0.1, -0.05) is 18.2 Å². The van der Waals surface area contributed by atoms with E-state index in [0.717, 1.165) is 48.7 Å². The van der Waals surface area contributed by atoms with Gasteiger partial charge in [0.2, 0.25) is 11.8 Å². The summed E-state index contributed by atoms with van der Waals surface area (Å²) in [5.41, 5.74) is 1.37. The Bertz CT molecular complexity index is 936. The van der Waals surface area contributed by atoms with Crippen molar-refractivity contribution < 1.29 is 19.1 Å². The van der Waals surface area contributed by atoms with Gasteiger partial charge in [-0.05, 0) is 30.3 Å². The fraction of sp³-hybridized carbons (Fsp3) is 0.417. The number of ether oxygens (including phenoxy) is 2. The fourth-order valence-electron chi connectivity index (χ4n) is 4.29. The van der Waals surface area contributed by atoms with Crippen molar-refractivity contribution in [2.75, 3.05) is 38.6 Å². The maximum Gasteiger partial charge on any atom is 0.238 e. The smallest absolute Gasteiger partial charge is 0.238 e. The van der Waals surface area contributed by atoms with Gasteiger partial charge in [0.1, 0.15) is 17.1 Å². The molecule has 0 atom stereocenters. The van der Waals surface area contributed by atoms with Crippen molar-refractivity contribution >= 4 is 17.5 Å². The van der Waals surface area contributed by atoms with Crippen molar-refractivity contribution in [1.29, 1.82) is 0 Å². The molecule has 2 amide bonds. The second kappa shape index (κ2) is 8.98. The highest BCUT2D eigenvalue weighted by Gasteiger charge is 2.41. The third-order valence-electron chi connectivity index (χ3n) is 6.09. The molecule has 0 radical (unpaired) electrons. The first kappa shape index (κ1) is 21.2. The quantitative estimate of drug-likeness (QED) is 0.819. The van der Waals surface area contributed by atoms with Gasteiger partial charge < -0.3 is 19.7 Å². The maximum atomic E-state index is 12.5. The van der Waals surface area contributed by atoms with Gasteiger partial charge >= 0.3 is 0 Å². The Balaban J connectivity index is 1.37. The first-order chi connectivity index (χ1) is 15.0. The standard InChI is InChI=1S/C24H29N3O4/c1-18(28)27-15-19-5-3-4-6-22(19)31-24(17-27)11-13-26(14-12-24)16-23(29)25-20-7-9-21(30-2)10-8-20/h3-10H,11-17H2,1-2H3,(H,25,29). The van der Waals surface area contributed by atoms with Crippen LogP contribution >= 0.6 is 0 Å². The summed E-state index contributed by atoms with van der Waals surface area (Å²) in [5, 5.41) is 2.94. The van der Waals surface area contributed by atoms with E-state index >= 15 is 0 Å². The second-order valence-corrected chi connectivity index (χ2v) is 8.32. The molecule has 1 spiro atoms. The number of hydrogen-bond donors (Lipinski definition) is 1. The van der Waals surface area contributed by atoms with Gasteiger partial charge in [0, 0.05) is 50.7 Å². The normalized spacial score (nSPS) is 17.9. The number of carbonyl (C=O) groups is 2. The zero-order valence-electron chi connectivity index (χ0n) is 18.1. The van der Waals surface area contributed by atoms with E-state index < -0.39 is 5.60 Å². The van der Waals surface area contributed by atoms with E-state index in [4.69, 9.17) is 9.47 Å². The third-order valence-corrected chi connectivity index (χ3v) is 6.09. The minimum Gasteiger partial charge on any atom is -0.497 e. The van der Waals surface area contributed by atoms with Gasteiger partial charge in [0.05, 0.1) is 20.2 Å². The average molecular weight is 424 g/mol. The summed E-state index contributed by atoms with van der Waals surface area (Å²) in [5.74, 6) is 1.63. The number of hydrogen-bond acceptors (Lipinski definition) is 5. The lowest BCUT2D eigenvalue weighted by Crippen LogP contribution is -2.54. The number of fused-ring (bicyclic) bond motifs is 1. The number of amides is 2. The Hall–Kier alpha value is -3.06. The summed E-state index contributed by atoms with van der Waals surface area (Å²) in [4.78, 5) is 28.7. The minimum absolute atomic E-state index is 0.0430. The first-order valence-corrected chi connectivity index (χ1v) is 10.7. The van der Waals surface area contributed by atoms with Gasteiger partial charge in [-0.25, -0.2) is 0 Å². The average Bonchev–Trinajstić information content (AvgIpc) is 2.93. The van der Waals surface area contributed by atoms with Crippen LogP contribution in [0.3, 0.4) is 0 Å². The molecule has 1 N–H and O–H groups in total. The van der Waals surface area contributed by atoms with Crippen molar-refractivity contribution in [3.63, 3.8) is 0 Å². The maximum absolute atomic E-state index is 12.5. The molecular formula is C24H29N3O4. The van der Waals surface area contributed by atoms with Crippen LogP contribution in [0.25, 0.3) is 0 Å². The number of benzene rings is 2. The molecule has 2 aliphatic rings. The summed E-state index contributed by atoms with van der Waals surface area (Å²) in [6.07, 6.45) is 1.53. The molecule has 7 heteroatoms. The fourth-order valence-corrected chi connectivity index (χ4v) is 4.29. The Labute approximate surface area is 182 Å². The van der Waals surface area contributed by atoms with E-state index in [-0.39, 0.29) is 11.8 Å². The van der Waals surface area contributed by atoms with Crippen LogP contribution in [0.1, 0.15) is 25.3 Å². The molecule has 0 saturated carbocycles. The van der Waals surface area contributed by atoms with Gasteiger partial charge in [-0.2, -0.15) is 0 Å². The number of nitrogens with zero attached hydrogens (tertiary/aromatic N) is 2. The Morgan fingerprint density at radius 2 is 1.81 bits per heavy atom. The number of rotatable bonds is 4. The van der Waals surface area contributed by atoms with Crippen LogP contribution in [0, 0.1) is 0 Å². The molecule has 4 rings (SSSR count). The van der Waals surface area contributed by atoms with Crippen molar-refractivity contribution in [2.45, 2.75) is 31.9 Å². The highest BCUT2D eigenvalue weighted by atomic mass is 16.5. The largest absolute Gasteiger partial charge is 0.497 e. The number of carbonyl (C=O) groups excluding carboxylic acids is 2. The number of likely N-dealkylation sites (tertiary alicyclic amines) is 1. The van der Waals surface area contributed by atoms with E-state index in [2.05, 4.69) is 10.2 Å². The van der Waals surface area contributed by atoms with E-state index in [1.807, 2.05) is 53.4 Å². The van der Waals surface area contributed by atoms with Crippen molar-refractivity contribution in [2.24, 2.45) is 0 Å². The lowest BCUT2D eigenvalue weighted by Gasteiger charge is -2.42. The molecule has 2 aromatic rings. The predicted molar refractivity (Wildman–Crippen MR) is 118 cm³/mol. The molecule has 1 fully saturated rings. The van der Waals surface area contributed by atoms with E-state index in [1.165, 1.54) is 0 Å². The lowest BCUT2D eigenvalue weighted by molar-refractivity contribution is -0.132. The number of nitrogens with one attached hydrogen (secondary N) is 1. The molecule has 7 nitrogen and oxygen atoms in total. The lowest BCUT2D eigenvalue weighted by atomic mass is 9.90. The molecule has 2 aliphatic heterocycles. The summed E-state index contributed by atoms with van der Waals surface area (Å²) in [6.45, 7) is 4.56. The van der Waals surface area contributed by atoms with Gasteiger partial charge in [0.25, 0.3) is 0 Å². The number of para-hydroxylation sites is 1. The molecule has 2 heterocycles. The molecule has 0 bridgehead atoms. The predicted octanol–water partition coefficient (Wildman–Crippen LogP) is 2.91. The Kier molecular flexibility index (Phi) is 6.13. The van der Waals surface area contributed by atoms with E-state index in [0.29, 0.717) is 19.6 Å². The van der Waals surface area contributed by atoms with Crippen molar-refractivity contribution in [1.82, 2.24) is 9.80 Å². The Morgan fingerprint density at radius 3 is 2.48 bits per heavy atom. The van der Waals surface area contributed by atoms with Crippen LogP contribution in [0.4, 0.5) is 5.69 Å². The van der Waals surface area contributed by atoms with Crippen LogP contribution in [-0.4, -0.2) is 60.5 Å². The van der Waals surface area contributed by atoms with Crippen LogP contribution < -0.4 is 14.8 Å². The Morgan fingerprint density at radius 1 is 1.10 bits per heavy atom. The summed E-state index contributed by atoms with van der Waals surface area (Å²) in [7, 11) is 1.61. The van der Waals surface area contributed by atoms with Crippen LogP contribution in [0.2, 0.25) is 0 Å². The summed E-state index contributed by atoms with van der Waals surface area (Å²) < 4.78 is 11.6. The highest BCUT2D eigenvalue weighted by Crippen LogP contribution is 2.35. The van der Waals surface area contributed by atoms with Crippen molar-refractivity contribution in [3.05, 3.63) is 54.1 Å². The SMILES string of the molecule is COc1ccc(NC(=O)CN2CCC3(CC2)CN(C(C)=O)Cc2ccccc2O3)cc1. The molecule has 31 heavy (non-hydrogen) atoms. The first-order valence-electron chi connectivity index (χ1n) is 10.7. The topological polar surface area (TPSA) is 71.1 Å². The molecule has 2 aromatic carbocycles. The van der Waals surface area contributed by atoms with E-state index in [1.54, 1.807) is 14.0 Å². The van der Waals surface area contributed by atoms with Crippen LogP contribution in [0.15, 0.2) is 48.5 Å². The van der Waals surface area contributed by atoms with Gasteiger partial charge in [-0.15, -0.1) is 0 Å².